The van der Waals surface area contributed by atoms with E-state index in [1.54, 1.807) is 27.2 Å². The predicted molar refractivity (Wildman–Crippen MR) is 145 cm³/mol. The minimum absolute atomic E-state index is 0.167. The summed E-state index contributed by atoms with van der Waals surface area (Å²) in [5.41, 5.74) is 2.83. The molecule has 0 saturated carbocycles. The van der Waals surface area contributed by atoms with Crippen LogP contribution in [0.3, 0.4) is 0 Å². The molecule has 2 heterocycles. The van der Waals surface area contributed by atoms with E-state index in [1.807, 2.05) is 25.1 Å². The Kier molecular flexibility index (Phi) is 9.31. The van der Waals surface area contributed by atoms with Crippen molar-refractivity contribution >= 4 is 40.2 Å². The first kappa shape index (κ1) is 27.5. The highest BCUT2D eigenvalue weighted by Gasteiger charge is 2.26. The van der Waals surface area contributed by atoms with Crippen LogP contribution in [-0.4, -0.2) is 40.5 Å². The Hall–Kier alpha value is -3.13. The Morgan fingerprint density at radius 3 is 2.53 bits per heavy atom. The number of aryl methyl sites for hydroxylation is 1. The Morgan fingerprint density at radius 1 is 1.08 bits per heavy atom. The zero-order valence-electron chi connectivity index (χ0n) is 22.0. The van der Waals surface area contributed by atoms with E-state index in [1.165, 1.54) is 0 Å². The van der Waals surface area contributed by atoms with Gasteiger partial charge in [-0.3, -0.25) is 0 Å². The van der Waals surface area contributed by atoms with E-state index >= 15 is 0 Å². The van der Waals surface area contributed by atoms with Crippen LogP contribution >= 0.6 is 11.6 Å². The standard InChI is InChI=1S/C27H36ClN5O3/c1-7-8-12-27(4,13-11-18(3)34)33-25-24-23(17(2)14-22(28)30-24)31-26(32-25)29-16-19-9-10-20(35-5)15-21(19)36-6/h9-10,14-15H,7-8,11-13,16H2,1-6H3,(H2,29,31,32,33)/t27-/m1/s1. The van der Waals surface area contributed by atoms with Crippen LogP contribution in [0.2, 0.25) is 5.15 Å². The monoisotopic (exact) mass is 513 g/mol. The first-order valence-corrected chi connectivity index (χ1v) is 12.6. The van der Waals surface area contributed by atoms with Crippen molar-refractivity contribution in [1.82, 2.24) is 15.0 Å². The molecule has 1 aromatic carbocycles. The summed E-state index contributed by atoms with van der Waals surface area (Å²) in [6.07, 6.45) is 4.17. The van der Waals surface area contributed by atoms with Crippen LogP contribution in [0.5, 0.6) is 11.5 Å². The average Bonchev–Trinajstić information content (AvgIpc) is 2.85. The summed E-state index contributed by atoms with van der Waals surface area (Å²) in [5, 5.41) is 7.33. The lowest BCUT2D eigenvalue weighted by atomic mass is 9.89. The molecule has 3 aromatic rings. The molecule has 194 valence electrons. The summed E-state index contributed by atoms with van der Waals surface area (Å²) in [4.78, 5) is 25.9. The maximum absolute atomic E-state index is 11.8. The van der Waals surface area contributed by atoms with E-state index in [-0.39, 0.29) is 11.3 Å². The van der Waals surface area contributed by atoms with Crippen LogP contribution in [0, 0.1) is 6.92 Å². The molecule has 1 atom stereocenters. The van der Waals surface area contributed by atoms with Crippen molar-refractivity contribution in [2.45, 2.75) is 71.9 Å². The molecule has 9 heteroatoms. The molecular formula is C27H36ClN5O3. The Labute approximate surface area is 218 Å². The predicted octanol–water partition coefficient (Wildman–Crippen LogP) is 6.35. The van der Waals surface area contributed by atoms with E-state index in [0.717, 1.165) is 36.1 Å². The molecular weight excluding hydrogens is 478 g/mol. The van der Waals surface area contributed by atoms with E-state index in [2.05, 4.69) is 29.5 Å². The molecule has 2 N–H and O–H groups in total. The van der Waals surface area contributed by atoms with Gasteiger partial charge in [-0.25, -0.2) is 9.97 Å². The highest BCUT2D eigenvalue weighted by Crippen LogP contribution is 2.32. The van der Waals surface area contributed by atoms with Gasteiger partial charge in [0.1, 0.15) is 28.0 Å². The van der Waals surface area contributed by atoms with Crippen molar-refractivity contribution in [3.8, 4) is 11.5 Å². The molecule has 0 amide bonds. The number of anilines is 2. The van der Waals surface area contributed by atoms with Crippen LogP contribution in [0.1, 0.15) is 64.0 Å². The lowest BCUT2D eigenvalue weighted by molar-refractivity contribution is -0.117. The molecule has 0 bridgehead atoms. The van der Waals surface area contributed by atoms with Crippen molar-refractivity contribution < 1.29 is 14.3 Å². The second kappa shape index (κ2) is 12.2. The highest BCUT2D eigenvalue weighted by atomic mass is 35.5. The van der Waals surface area contributed by atoms with Gasteiger partial charge in [-0.15, -0.1) is 0 Å². The number of ether oxygens (including phenoxy) is 2. The van der Waals surface area contributed by atoms with Gasteiger partial charge in [0.2, 0.25) is 5.95 Å². The zero-order valence-corrected chi connectivity index (χ0v) is 22.8. The van der Waals surface area contributed by atoms with Gasteiger partial charge >= 0.3 is 0 Å². The number of hydrogen-bond acceptors (Lipinski definition) is 8. The molecule has 8 nitrogen and oxygen atoms in total. The lowest BCUT2D eigenvalue weighted by Crippen LogP contribution is -2.36. The summed E-state index contributed by atoms with van der Waals surface area (Å²) in [6.45, 7) is 8.32. The number of halogens is 1. The number of carbonyl (C=O) groups is 1. The fourth-order valence-electron chi connectivity index (χ4n) is 4.11. The smallest absolute Gasteiger partial charge is 0.225 e. The van der Waals surface area contributed by atoms with Gasteiger partial charge in [-0.2, -0.15) is 4.98 Å². The topological polar surface area (TPSA) is 98.3 Å². The third-order valence-electron chi connectivity index (χ3n) is 6.27. The second-order valence-corrected chi connectivity index (χ2v) is 9.76. The molecule has 3 rings (SSSR count). The lowest BCUT2D eigenvalue weighted by Gasteiger charge is -2.32. The maximum atomic E-state index is 11.8. The number of carbonyl (C=O) groups excluding carboxylic acids is 1. The van der Waals surface area contributed by atoms with Gasteiger partial charge in [0.15, 0.2) is 5.82 Å². The van der Waals surface area contributed by atoms with Crippen LogP contribution in [-0.2, 0) is 11.3 Å². The number of Topliss-reactive ketones (excluding diaryl/α,β-unsaturated/α-hetero) is 1. The summed E-state index contributed by atoms with van der Waals surface area (Å²) in [7, 11) is 3.25. The van der Waals surface area contributed by atoms with Crippen LogP contribution in [0.4, 0.5) is 11.8 Å². The molecule has 0 unspecified atom stereocenters. The van der Waals surface area contributed by atoms with Gasteiger partial charge in [0, 0.05) is 30.1 Å². The minimum Gasteiger partial charge on any atom is -0.497 e. The van der Waals surface area contributed by atoms with Crippen molar-refractivity contribution in [2.24, 2.45) is 0 Å². The second-order valence-electron chi connectivity index (χ2n) is 9.38. The van der Waals surface area contributed by atoms with Crippen molar-refractivity contribution in [1.29, 1.82) is 0 Å². The highest BCUT2D eigenvalue weighted by molar-refractivity contribution is 6.30. The molecule has 0 aliphatic rings. The molecule has 0 saturated heterocycles. The number of unbranched alkanes of at least 4 members (excludes halogenated alkanes) is 1. The molecule has 0 aliphatic heterocycles. The minimum atomic E-state index is -0.336. The Morgan fingerprint density at radius 2 is 1.86 bits per heavy atom. The number of hydrogen-bond donors (Lipinski definition) is 2. The molecule has 0 fully saturated rings. The first-order valence-electron chi connectivity index (χ1n) is 12.2. The van der Waals surface area contributed by atoms with Crippen molar-refractivity contribution in [2.75, 3.05) is 24.9 Å². The zero-order chi connectivity index (χ0) is 26.3. The largest absolute Gasteiger partial charge is 0.497 e. The number of nitrogens with zero attached hydrogens (tertiary/aromatic N) is 3. The van der Waals surface area contributed by atoms with Crippen LogP contribution < -0.4 is 20.1 Å². The summed E-state index contributed by atoms with van der Waals surface area (Å²) in [6, 6.07) is 7.47. The molecule has 0 spiro atoms. The summed E-state index contributed by atoms with van der Waals surface area (Å²) in [5.74, 6) is 2.65. The number of ketones is 1. The van der Waals surface area contributed by atoms with Gasteiger partial charge in [0.25, 0.3) is 0 Å². The van der Waals surface area contributed by atoms with Gasteiger partial charge < -0.3 is 24.9 Å². The first-order chi connectivity index (χ1) is 17.2. The number of rotatable bonds is 13. The number of methoxy groups -OCH3 is 2. The van der Waals surface area contributed by atoms with E-state index < -0.39 is 0 Å². The third kappa shape index (κ3) is 6.97. The molecule has 36 heavy (non-hydrogen) atoms. The number of nitrogens with one attached hydrogen (secondary N) is 2. The number of fused-ring (bicyclic) bond motifs is 1. The van der Waals surface area contributed by atoms with E-state index in [4.69, 9.17) is 31.0 Å². The molecule has 0 aliphatic carbocycles. The van der Waals surface area contributed by atoms with Gasteiger partial charge in [0.05, 0.1) is 19.7 Å². The number of aromatic nitrogens is 3. The van der Waals surface area contributed by atoms with Crippen molar-refractivity contribution in [3.63, 3.8) is 0 Å². The fourth-order valence-corrected chi connectivity index (χ4v) is 4.36. The normalized spacial score (nSPS) is 12.8. The van der Waals surface area contributed by atoms with Gasteiger partial charge in [-0.1, -0.05) is 31.4 Å². The maximum Gasteiger partial charge on any atom is 0.225 e. The van der Waals surface area contributed by atoms with Gasteiger partial charge in [-0.05, 0) is 57.4 Å². The van der Waals surface area contributed by atoms with E-state index in [0.29, 0.717) is 53.1 Å². The van der Waals surface area contributed by atoms with E-state index in [9.17, 15) is 4.79 Å². The molecule has 2 aromatic heterocycles. The third-order valence-corrected chi connectivity index (χ3v) is 6.47. The number of benzene rings is 1. The van der Waals surface area contributed by atoms with Crippen LogP contribution in [0.15, 0.2) is 24.3 Å². The SMILES string of the molecule is CCCC[C@](C)(CCC(C)=O)Nc1nc(NCc2ccc(OC)cc2OC)nc2c(C)cc(Cl)nc12. The number of pyridine rings is 1. The quantitative estimate of drug-likeness (QED) is 0.255. The van der Waals surface area contributed by atoms with Crippen molar-refractivity contribution in [3.05, 3.63) is 40.5 Å². The molecule has 0 radical (unpaired) electrons. The summed E-state index contributed by atoms with van der Waals surface area (Å²) < 4.78 is 10.8. The Bertz CT molecular complexity index is 1220. The summed E-state index contributed by atoms with van der Waals surface area (Å²) >= 11 is 6.31. The average molecular weight is 514 g/mol. The fraction of sp³-hybridized carbons (Fsp3) is 0.481. The Balaban J connectivity index is 1.99. The van der Waals surface area contributed by atoms with Crippen LogP contribution in [0.25, 0.3) is 11.0 Å².